The van der Waals surface area contributed by atoms with Crippen LogP contribution in [0.2, 0.25) is 0 Å². The first-order valence-electron chi connectivity index (χ1n) is 4.06. The molecule has 0 fully saturated rings. The number of aromatic amines is 1. The van der Waals surface area contributed by atoms with Crippen molar-refractivity contribution in [2.45, 2.75) is 10.5 Å². The number of hydrogen-bond donors (Lipinski definition) is 3. The van der Waals surface area contributed by atoms with Gasteiger partial charge in [-0.25, -0.2) is 0 Å². The van der Waals surface area contributed by atoms with Crippen LogP contribution in [-0.4, -0.2) is 15.7 Å². The summed E-state index contributed by atoms with van der Waals surface area (Å²) in [6, 6.07) is 6.06. The normalized spacial score (nSPS) is 20.2. The summed E-state index contributed by atoms with van der Waals surface area (Å²) in [5.74, 6) is 0. The Morgan fingerprint density at radius 2 is 2.23 bits per heavy atom. The van der Waals surface area contributed by atoms with Crippen LogP contribution in [0.5, 0.6) is 0 Å². The number of benzene rings is 1. The Labute approximate surface area is 79.1 Å². The molecule has 1 aromatic carbocycles. The predicted octanol–water partition coefficient (Wildman–Crippen LogP) is 1.96. The first kappa shape index (κ1) is 7.29. The molecule has 0 spiro atoms. The molecule has 13 heavy (non-hydrogen) atoms. The number of thioether (sulfide) groups is 1. The molecule has 2 aromatic rings. The van der Waals surface area contributed by atoms with Gasteiger partial charge in [-0.3, -0.25) is 0 Å². The molecule has 4 heteroatoms. The molecule has 0 amide bonds. The van der Waals surface area contributed by atoms with Crippen molar-refractivity contribution in [3.05, 3.63) is 24.4 Å². The summed E-state index contributed by atoms with van der Waals surface area (Å²) in [4.78, 5) is 4.28. The number of H-pyrrole nitrogens is 1. The van der Waals surface area contributed by atoms with Crippen LogP contribution < -0.4 is 5.32 Å². The van der Waals surface area contributed by atoms with Crippen molar-refractivity contribution in [3.63, 3.8) is 0 Å². The van der Waals surface area contributed by atoms with Gasteiger partial charge in [0.25, 0.3) is 0 Å². The van der Waals surface area contributed by atoms with E-state index in [0.717, 1.165) is 16.1 Å². The number of rotatable bonds is 0. The van der Waals surface area contributed by atoms with Gasteiger partial charge >= 0.3 is 0 Å². The van der Waals surface area contributed by atoms with Crippen LogP contribution in [-0.2, 0) is 0 Å². The van der Waals surface area contributed by atoms with Crippen molar-refractivity contribution in [1.82, 2.24) is 4.98 Å². The SMILES string of the molecule is OC1Nc2ccc3cc[nH]c3c2S1. The second kappa shape index (κ2) is 2.43. The lowest BCUT2D eigenvalue weighted by Gasteiger charge is -1.98. The number of aliphatic hydroxyl groups is 1. The average molecular weight is 192 g/mol. The summed E-state index contributed by atoms with van der Waals surface area (Å²) in [5.41, 5.74) is 1.60. The van der Waals surface area contributed by atoms with E-state index in [0.29, 0.717) is 0 Å². The molecule has 0 saturated heterocycles. The van der Waals surface area contributed by atoms with Crippen LogP contribution in [0.25, 0.3) is 10.9 Å². The Kier molecular flexibility index (Phi) is 1.36. The maximum Gasteiger partial charge on any atom is 0.178 e. The fraction of sp³-hybridized carbons (Fsp3) is 0.111. The average Bonchev–Trinajstić information content (AvgIpc) is 2.65. The number of aromatic nitrogens is 1. The highest BCUT2D eigenvalue weighted by atomic mass is 32.2. The molecule has 1 aliphatic heterocycles. The van der Waals surface area contributed by atoms with Gasteiger partial charge in [0.05, 0.1) is 16.1 Å². The molecule has 2 heterocycles. The quantitative estimate of drug-likeness (QED) is 0.598. The van der Waals surface area contributed by atoms with Gasteiger partial charge < -0.3 is 15.4 Å². The molecule has 66 valence electrons. The van der Waals surface area contributed by atoms with Gasteiger partial charge in [-0.15, -0.1) is 0 Å². The third-order valence-electron chi connectivity index (χ3n) is 2.19. The summed E-state index contributed by atoms with van der Waals surface area (Å²) >= 11 is 1.44. The highest BCUT2D eigenvalue weighted by Gasteiger charge is 2.21. The van der Waals surface area contributed by atoms with Gasteiger partial charge in [-0.2, -0.15) is 0 Å². The van der Waals surface area contributed by atoms with Crippen LogP contribution in [0, 0.1) is 0 Å². The third-order valence-corrected chi connectivity index (χ3v) is 3.19. The van der Waals surface area contributed by atoms with Gasteiger partial charge in [-0.05, 0) is 12.1 Å². The smallest absolute Gasteiger partial charge is 0.178 e. The monoisotopic (exact) mass is 192 g/mol. The van der Waals surface area contributed by atoms with Crippen molar-refractivity contribution in [2.24, 2.45) is 0 Å². The zero-order valence-corrected chi connectivity index (χ0v) is 7.56. The summed E-state index contributed by atoms with van der Waals surface area (Å²) in [7, 11) is 0. The van der Waals surface area contributed by atoms with Gasteiger partial charge in [0.15, 0.2) is 5.56 Å². The van der Waals surface area contributed by atoms with E-state index < -0.39 is 5.56 Å². The molecule has 0 aliphatic carbocycles. The lowest BCUT2D eigenvalue weighted by molar-refractivity contribution is 0.294. The Bertz CT molecular complexity index is 466. The van der Waals surface area contributed by atoms with E-state index >= 15 is 0 Å². The fourth-order valence-corrected chi connectivity index (χ4v) is 2.57. The highest BCUT2D eigenvalue weighted by Crippen LogP contribution is 2.41. The van der Waals surface area contributed by atoms with Crippen molar-refractivity contribution < 1.29 is 5.11 Å². The molecule has 3 nitrogen and oxygen atoms in total. The Morgan fingerprint density at radius 3 is 3.15 bits per heavy atom. The second-order valence-electron chi connectivity index (χ2n) is 3.00. The van der Waals surface area contributed by atoms with E-state index in [1.165, 1.54) is 17.1 Å². The van der Waals surface area contributed by atoms with E-state index in [-0.39, 0.29) is 0 Å². The molecule has 3 N–H and O–H groups in total. The van der Waals surface area contributed by atoms with Crippen LogP contribution in [0.4, 0.5) is 5.69 Å². The Balaban J connectivity index is 2.34. The minimum absolute atomic E-state index is 0.510. The molecule has 1 atom stereocenters. The van der Waals surface area contributed by atoms with Crippen LogP contribution in [0.15, 0.2) is 29.3 Å². The van der Waals surface area contributed by atoms with Crippen molar-refractivity contribution in [2.75, 3.05) is 5.32 Å². The Morgan fingerprint density at radius 1 is 1.31 bits per heavy atom. The van der Waals surface area contributed by atoms with E-state index in [4.69, 9.17) is 0 Å². The lowest BCUT2D eigenvalue weighted by atomic mass is 10.2. The third kappa shape index (κ3) is 0.959. The molecule has 1 unspecified atom stereocenters. The molecule has 1 aromatic heterocycles. The van der Waals surface area contributed by atoms with Gasteiger partial charge in [0.1, 0.15) is 0 Å². The molecule has 3 rings (SSSR count). The molecule has 0 bridgehead atoms. The number of aliphatic hydroxyl groups excluding tert-OH is 1. The molecule has 0 radical (unpaired) electrons. The maximum atomic E-state index is 9.39. The van der Waals surface area contributed by atoms with Crippen LogP contribution in [0.3, 0.4) is 0 Å². The zero-order chi connectivity index (χ0) is 8.84. The molecule has 0 saturated carbocycles. The molecular formula is C9H8N2OS. The van der Waals surface area contributed by atoms with Crippen LogP contribution in [0.1, 0.15) is 0 Å². The zero-order valence-electron chi connectivity index (χ0n) is 6.74. The minimum Gasteiger partial charge on any atom is -0.364 e. The summed E-state index contributed by atoms with van der Waals surface area (Å²) < 4.78 is 0. The van der Waals surface area contributed by atoms with Crippen molar-refractivity contribution in [3.8, 4) is 0 Å². The number of hydrogen-bond acceptors (Lipinski definition) is 3. The number of nitrogens with one attached hydrogen (secondary N) is 2. The summed E-state index contributed by atoms with van der Waals surface area (Å²) in [5, 5.41) is 13.5. The summed E-state index contributed by atoms with van der Waals surface area (Å²) in [6.45, 7) is 0. The van der Waals surface area contributed by atoms with E-state index in [1.807, 2.05) is 24.4 Å². The van der Waals surface area contributed by atoms with Crippen LogP contribution >= 0.6 is 11.8 Å². The minimum atomic E-state index is -0.510. The van der Waals surface area contributed by atoms with E-state index in [2.05, 4.69) is 10.3 Å². The molecule has 1 aliphatic rings. The van der Waals surface area contributed by atoms with Gasteiger partial charge in [0.2, 0.25) is 0 Å². The van der Waals surface area contributed by atoms with Gasteiger partial charge in [-0.1, -0.05) is 17.8 Å². The summed E-state index contributed by atoms with van der Waals surface area (Å²) in [6.07, 6.45) is 1.91. The number of fused-ring (bicyclic) bond motifs is 3. The topological polar surface area (TPSA) is 48.0 Å². The largest absolute Gasteiger partial charge is 0.364 e. The fourth-order valence-electron chi connectivity index (χ4n) is 1.61. The predicted molar refractivity (Wildman–Crippen MR) is 53.8 cm³/mol. The second-order valence-corrected chi connectivity index (χ2v) is 4.09. The standard InChI is InChI=1S/C9H8N2OS/c12-9-11-6-2-1-5-3-4-10-7(5)8(6)13-9/h1-4,9-12H. The Hall–Kier alpha value is -1.13. The lowest BCUT2D eigenvalue weighted by Crippen LogP contribution is -2.06. The first-order chi connectivity index (χ1) is 6.34. The van der Waals surface area contributed by atoms with Crippen molar-refractivity contribution in [1.29, 1.82) is 0 Å². The number of anilines is 1. The van der Waals surface area contributed by atoms with Gasteiger partial charge in [0, 0.05) is 11.6 Å². The van der Waals surface area contributed by atoms with E-state index in [9.17, 15) is 5.11 Å². The molecular weight excluding hydrogens is 184 g/mol. The van der Waals surface area contributed by atoms with Crippen molar-refractivity contribution >= 4 is 28.4 Å². The first-order valence-corrected chi connectivity index (χ1v) is 4.94. The maximum absolute atomic E-state index is 9.39. The van der Waals surface area contributed by atoms with E-state index in [1.54, 1.807) is 0 Å². The highest BCUT2D eigenvalue weighted by molar-refractivity contribution is 8.00.